The molecule has 4 heteroatoms. The van der Waals surface area contributed by atoms with Gasteiger partial charge in [0.1, 0.15) is 23.9 Å². The normalized spacial score (nSPS) is 10.8. The summed E-state index contributed by atoms with van der Waals surface area (Å²) in [5, 5.41) is 9.99. The van der Waals surface area contributed by atoms with Crippen LogP contribution in [0.2, 0.25) is 0 Å². The van der Waals surface area contributed by atoms with Gasteiger partial charge in [0.15, 0.2) is 0 Å². The Balaban J connectivity index is 1.76. The van der Waals surface area contributed by atoms with Crippen molar-refractivity contribution in [3.05, 3.63) is 60.0 Å². The minimum Gasteiger partial charge on any atom is -0.508 e. The van der Waals surface area contributed by atoms with E-state index in [1.807, 2.05) is 6.07 Å². The van der Waals surface area contributed by atoms with Crippen LogP contribution in [0.25, 0.3) is 10.9 Å². The number of phenolic OH excluding ortho intramolecular Hbond substituents is 1. The molecule has 2 aromatic carbocycles. The summed E-state index contributed by atoms with van der Waals surface area (Å²) in [6, 6.07) is 13.0. The lowest BCUT2D eigenvalue weighted by Gasteiger charge is -2.04. The van der Waals surface area contributed by atoms with Gasteiger partial charge in [-0.15, -0.1) is 0 Å². The van der Waals surface area contributed by atoms with E-state index < -0.39 is 0 Å². The first-order valence-corrected chi connectivity index (χ1v) is 5.90. The molecule has 3 nitrogen and oxygen atoms in total. The highest BCUT2D eigenvalue weighted by Gasteiger charge is 2.03. The highest BCUT2D eigenvalue weighted by molar-refractivity contribution is 5.80. The third kappa shape index (κ3) is 2.52. The lowest BCUT2D eigenvalue weighted by Crippen LogP contribution is -1.94. The van der Waals surface area contributed by atoms with Gasteiger partial charge in [-0.2, -0.15) is 0 Å². The van der Waals surface area contributed by atoms with Gasteiger partial charge in [0, 0.05) is 10.9 Å². The van der Waals surface area contributed by atoms with Crippen LogP contribution >= 0.6 is 0 Å². The standard InChI is InChI=1S/C15H12FNO2/c16-11-1-6-15-10(7-11)8-12(17-15)9-19-14-4-2-13(18)3-5-14/h1-8,17-18H,9H2. The Labute approximate surface area is 109 Å². The van der Waals surface area contributed by atoms with Crippen LogP contribution in [-0.4, -0.2) is 10.1 Å². The van der Waals surface area contributed by atoms with Crippen molar-refractivity contribution < 1.29 is 14.2 Å². The molecule has 0 spiro atoms. The number of hydrogen-bond donors (Lipinski definition) is 2. The third-order valence-electron chi connectivity index (χ3n) is 2.87. The quantitative estimate of drug-likeness (QED) is 0.753. The minimum absolute atomic E-state index is 0.202. The van der Waals surface area contributed by atoms with E-state index >= 15 is 0 Å². The molecular weight excluding hydrogens is 245 g/mol. The summed E-state index contributed by atoms with van der Waals surface area (Å²) in [6.07, 6.45) is 0. The summed E-state index contributed by atoms with van der Waals surface area (Å²) in [6.45, 7) is 0.362. The molecule has 1 heterocycles. The Morgan fingerprint density at radius 3 is 2.63 bits per heavy atom. The first-order valence-electron chi connectivity index (χ1n) is 5.90. The van der Waals surface area contributed by atoms with Gasteiger partial charge < -0.3 is 14.8 Å². The second-order valence-electron chi connectivity index (χ2n) is 4.31. The molecule has 0 atom stereocenters. The van der Waals surface area contributed by atoms with Crippen molar-refractivity contribution in [3.8, 4) is 11.5 Å². The SMILES string of the molecule is Oc1ccc(OCc2cc3cc(F)ccc3[nH]2)cc1. The van der Waals surface area contributed by atoms with Crippen LogP contribution in [0.4, 0.5) is 4.39 Å². The molecule has 0 fully saturated rings. The summed E-state index contributed by atoms with van der Waals surface area (Å²) in [7, 11) is 0. The Bertz CT molecular complexity index is 704. The monoisotopic (exact) mass is 257 g/mol. The first-order chi connectivity index (χ1) is 9.20. The van der Waals surface area contributed by atoms with E-state index in [-0.39, 0.29) is 11.6 Å². The number of fused-ring (bicyclic) bond motifs is 1. The van der Waals surface area contributed by atoms with Crippen molar-refractivity contribution in [1.82, 2.24) is 4.98 Å². The van der Waals surface area contributed by atoms with E-state index in [0.29, 0.717) is 12.4 Å². The van der Waals surface area contributed by atoms with Gasteiger partial charge in [-0.1, -0.05) is 0 Å². The molecule has 2 N–H and O–H groups in total. The molecule has 0 saturated carbocycles. The first kappa shape index (κ1) is 11.6. The maximum atomic E-state index is 13.1. The Kier molecular flexibility index (Phi) is 2.83. The molecule has 0 unspecified atom stereocenters. The molecule has 0 saturated heterocycles. The molecule has 0 amide bonds. The van der Waals surface area contributed by atoms with E-state index in [2.05, 4.69) is 4.98 Å². The number of phenols is 1. The number of aromatic nitrogens is 1. The van der Waals surface area contributed by atoms with E-state index in [1.165, 1.54) is 12.1 Å². The zero-order valence-electron chi connectivity index (χ0n) is 10.1. The summed E-state index contributed by atoms with van der Waals surface area (Å²) >= 11 is 0. The molecule has 3 aromatic rings. The summed E-state index contributed by atoms with van der Waals surface area (Å²) in [5.41, 5.74) is 1.75. The largest absolute Gasteiger partial charge is 0.508 e. The van der Waals surface area contributed by atoms with E-state index in [9.17, 15) is 4.39 Å². The van der Waals surface area contributed by atoms with Crippen LogP contribution in [0.15, 0.2) is 48.5 Å². The smallest absolute Gasteiger partial charge is 0.128 e. The van der Waals surface area contributed by atoms with Gasteiger partial charge in [0.2, 0.25) is 0 Å². The van der Waals surface area contributed by atoms with Gasteiger partial charge in [-0.3, -0.25) is 0 Å². The fourth-order valence-electron chi connectivity index (χ4n) is 1.94. The van der Waals surface area contributed by atoms with Crippen LogP contribution in [0.1, 0.15) is 5.69 Å². The molecule has 0 aliphatic rings. The van der Waals surface area contributed by atoms with Crippen LogP contribution in [0, 0.1) is 5.82 Å². The van der Waals surface area contributed by atoms with Crippen molar-refractivity contribution >= 4 is 10.9 Å². The second-order valence-corrected chi connectivity index (χ2v) is 4.31. The summed E-state index contributed by atoms with van der Waals surface area (Å²) in [5.74, 6) is 0.619. The number of aromatic hydroxyl groups is 1. The number of benzene rings is 2. The lowest BCUT2D eigenvalue weighted by molar-refractivity contribution is 0.302. The summed E-state index contributed by atoms with van der Waals surface area (Å²) in [4.78, 5) is 3.16. The number of rotatable bonds is 3. The fraction of sp³-hybridized carbons (Fsp3) is 0.0667. The number of halogens is 1. The topological polar surface area (TPSA) is 45.2 Å². The van der Waals surface area contributed by atoms with Crippen LogP contribution in [-0.2, 0) is 6.61 Å². The fourth-order valence-corrected chi connectivity index (χ4v) is 1.94. The molecule has 1 aromatic heterocycles. The van der Waals surface area contributed by atoms with Crippen LogP contribution in [0.3, 0.4) is 0 Å². The summed E-state index contributed by atoms with van der Waals surface area (Å²) < 4.78 is 18.6. The highest BCUT2D eigenvalue weighted by atomic mass is 19.1. The molecule has 0 aliphatic heterocycles. The molecular formula is C15H12FNO2. The van der Waals surface area contributed by atoms with E-state index in [4.69, 9.17) is 9.84 Å². The number of hydrogen-bond acceptors (Lipinski definition) is 2. The molecule has 0 bridgehead atoms. The second kappa shape index (κ2) is 4.65. The predicted molar refractivity (Wildman–Crippen MR) is 70.7 cm³/mol. The highest BCUT2D eigenvalue weighted by Crippen LogP contribution is 2.20. The van der Waals surface area contributed by atoms with Crippen LogP contribution < -0.4 is 4.74 Å². The van der Waals surface area contributed by atoms with Crippen molar-refractivity contribution in [1.29, 1.82) is 0 Å². The third-order valence-corrected chi connectivity index (χ3v) is 2.87. The molecule has 96 valence electrons. The lowest BCUT2D eigenvalue weighted by atomic mass is 10.2. The van der Waals surface area contributed by atoms with E-state index in [0.717, 1.165) is 16.6 Å². The Morgan fingerprint density at radius 1 is 1.05 bits per heavy atom. The van der Waals surface area contributed by atoms with Gasteiger partial charge in [0.25, 0.3) is 0 Å². The number of H-pyrrole nitrogens is 1. The van der Waals surface area contributed by atoms with Gasteiger partial charge in [0.05, 0.1) is 5.69 Å². The van der Waals surface area contributed by atoms with Crippen molar-refractivity contribution in [3.63, 3.8) is 0 Å². The minimum atomic E-state index is -0.252. The van der Waals surface area contributed by atoms with Crippen LogP contribution in [0.5, 0.6) is 11.5 Å². The van der Waals surface area contributed by atoms with E-state index in [1.54, 1.807) is 30.3 Å². The average Bonchev–Trinajstić information content (AvgIpc) is 2.80. The van der Waals surface area contributed by atoms with Gasteiger partial charge in [-0.05, 0) is 48.5 Å². The molecule has 19 heavy (non-hydrogen) atoms. The molecule has 3 rings (SSSR count). The van der Waals surface area contributed by atoms with Gasteiger partial charge in [-0.25, -0.2) is 4.39 Å². The van der Waals surface area contributed by atoms with Crippen molar-refractivity contribution in [2.24, 2.45) is 0 Å². The zero-order chi connectivity index (χ0) is 13.2. The number of nitrogens with one attached hydrogen (secondary N) is 1. The molecule has 0 radical (unpaired) electrons. The zero-order valence-corrected chi connectivity index (χ0v) is 10.1. The predicted octanol–water partition coefficient (Wildman–Crippen LogP) is 3.59. The van der Waals surface area contributed by atoms with Crippen molar-refractivity contribution in [2.45, 2.75) is 6.61 Å². The van der Waals surface area contributed by atoms with Gasteiger partial charge >= 0.3 is 0 Å². The van der Waals surface area contributed by atoms with Crippen molar-refractivity contribution in [2.75, 3.05) is 0 Å². The average molecular weight is 257 g/mol. The Hall–Kier alpha value is -2.49. The number of ether oxygens (including phenoxy) is 1. The number of aromatic amines is 1. The Morgan fingerprint density at radius 2 is 1.84 bits per heavy atom. The maximum absolute atomic E-state index is 13.1. The molecule has 0 aliphatic carbocycles. The maximum Gasteiger partial charge on any atom is 0.128 e.